The van der Waals surface area contributed by atoms with E-state index in [1.165, 1.54) is 16.7 Å². The summed E-state index contributed by atoms with van der Waals surface area (Å²) in [5, 5.41) is 5.18. The number of nitrogens with one attached hydrogen (secondary N) is 1. The molecule has 0 aliphatic carbocycles. The zero-order valence-corrected chi connectivity index (χ0v) is 12.8. The zero-order valence-electron chi connectivity index (χ0n) is 11.2. The van der Waals surface area contributed by atoms with Gasteiger partial charge in [-0.05, 0) is 13.8 Å². The summed E-state index contributed by atoms with van der Waals surface area (Å²) in [6.07, 6.45) is 0. The van der Waals surface area contributed by atoms with Crippen LogP contribution in [0.25, 0.3) is 0 Å². The molecule has 1 fully saturated rings. The quantitative estimate of drug-likeness (QED) is 0.822. The third kappa shape index (κ3) is 3.57. The SMILES string of the molecule is Cc1nc(CSCC(=O)N2CC(=O)NC(=O)C2C)cs1. The predicted octanol–water partition coefficient (Wildman–Crippen LogP) is 0.558. The molecule has 0 aromatic carbocycles. The fraction of sp³-hybridized carbons (Fsp3) is 0.500. The first-order valence-corrected chi connectivity index (χ1v) is 8.12. The van der Waals surface area contributed by atoms with Crippen molar-refractivity contribution in [2.45, 2.75) is 25.6 Å². The van der Waals surface area contributed by atoms with Crippen molar-refractivity contribution in [2.75, 3.05) is 12.3 Å². The van der Waals surface area contributed by atoms with E-state index in [4.69, 9.17) is 0 Å². The molecule has 2 heterocycles. The predicted molar refractivity (Wildman–Crippen MR) is 77.3 cm³/mol. The van der Waals surface area contributed by atoms with Gasteiger partial charge in [0.2, 0.25) is 17.7 Å². The number of aromatic nitrogens is 1. The lowest BCUT2D eigenvalue weighted by atomic mass is 10.2. The van der Waals surface area contributed by atoms with Crippen LogP contribution in [0.3, 0.4) is 0 Å². The van der Waals surface area contributed by atoms with Gasteiger partial charge in [0.05, 0.1) is 16.5 Å². The van der Waals surface area contributed by atoms with Gasteiger partial charge < -0.3 is 4.90 Å². The first kappa shape index (κ1) is 15.0. The van der Waals surface area contributed by atoms with Crippen LogP contribution in [0.2, 0.25) is 0 Å². The third-order valence-corrected chi connectivity index (χ3v) is 4.66. The van der Waals surface area contributed by atoms with Crippen molar-refractivity contribution in [3.63, 3.8) is 0 Å². The summed E-state index contributed by atoms with van der Waals surface area (Å²) in [4.78, 5) is 40.5. The number of hydrogen-bond donors (Lipinski definition) is 1. The van der Waals surface area contributed by atoms with Gasteiger partial charge in [0.25, 0.3) is 0 Å². The summed E-state index contributed by atoms with van der Waals surface area (Å²) in [6, 6.07) is -0.595. The lowest BCUT2D eigenvalue weighted by Gasteiger charge is -2.31. The number of amides is 3. The number of nitrogens with zero attached hydrogens (tertiary/aromatic N) is 2. The lowest BCUT2D eigenvalue weighted by Crippen LogP contribution is -2.59. The second kappa shape index (κ2) is 6.36. The van der Waals surface area contributed by atoms with E-state index < -0.39 is 17.9 Å². The number of carbonyl (C=O) groups is 3. The van der Waals surface area contributed by atoms with E-state index >= 15 is 0 Å². The van der Waals surface area contributed by atoms with E-state index in [9.17, 15) is 14.4 Å². The molecule has 0 spiro atoms. The van der Waals surface area contributed by atoms with Crippen molar-refractivity contribution in [3.8, 4) is 0 Å². The molecule has 20 heavy (non-hydrogen) atoms. The van der Waals surface area contributed by atoms with Gasteiger partial charge in [-0.25, -0.2) is 4.98 Å². The summed E-state index contributed by atoms with van der Waals surface area (Å²) in [5.41, 5.74) is 0.950. The largest absolute Gasteiger partial charge is 0.321 e. The van der Waals surface area contributed by atoms with Gasteiger partial charge in [-0.3, -0.25) is 19.7 Å². The van der Waals surface area contributed by atoms with Crippen LogP contribution in [0.15, 0.2) is 5.38 Å². The van der Waals surface area contributed by atoms with E-state index in [1.807, 2.05) is 12.3 Å². The Morgan fingerprint density at radius 3 is 3.00 bits per heavy atom. The highest BCUT2D eigenvalue weighted by Gasteiger charge is 2.33. The fourth-order valence-electron chi connectivity index (χ4n) is 1.82. The van der Waals surface area contributed by atoms with Gasteiger partial charge in [-0.2, -0.15) is 0 Å². The molecular formula is C12H15N3O3S2. The van der Waals surface area contributed by atoms with Crippen LogP contribution in [-0.2, 0) is 20.1 Å². The maximum atomic E-state index is 12.1. The standard InChI is InChI=1S/C12H15N3O3S2/c1-7-12(18)14-10(16)3-15(7)11(17)6-19-4-9-5-20-8(2)13-9/h5,7H,3-4,6H2,1-2H3,(H,14,16,18). The Hall–Kier alpha value is -1.41. The molecule has 1 N–H and O–H groups in total. The minimum atomic E-state index is -0.595. The second-order valence-corrected chi connectivity index (χ2v) is 6.51. The molecule has 0 bridgehead atoms. The highest BCUT2D eigenvalue weighted by Crippen LogP contribution is 2.16. The van der Waals surface area contributed by atoms with E-state index in [0.29, 0.717) is 5.75 Å². The Morgan fingerprint density at radius 2 is 2.35 bits per heavy atom. The number of thioether (sulfide) groups is 1. The highest BCUT2D eigenvalue weighted by atomic mass is 32.2. The van der Waals surface area contributed by atoms with Gasteiger partial charge in [-0.1, -0.05) is 0 Å². The van der Waals surface area contributed by atoms with Crippen molar-refractivity contribution in [1.29, 1.82) is 0 Å². The van der Waals surface area contributed by atoms with Crippen molar-refractivity contribution < 1.29 is 14.4 Å². The van der Waals surface area contributed by atoms with Crippen LogP contribution < -0.4 is 5.32 Å². The summed E-state index contributed by atoms with van der Waals surface area (Å²) < 4.78 is 0. The zero-order chi connectivity index (χ0) is 14.7. The van der Waals surface area contributed by atoms with Crippen LogP contribution in [0.5, 0.6) is 0 Å². The molecule has 6 nitrogen and oxygen atoms in total. The Labute approximate surface area is 124 Å². The molecule has 1 aliphatic rings. The Balaban J connectivity index is 1.84. The molecule has 1 atom stereocenters. The van der Waals surface area contributed by atoms with Gasteiger partial charge in [-0.15, -0.1) is 23.1 Å². The summed E-state index contributed by atoms with van der Waals surface area (Å²) in [5.74, 6) is -0.158. The smallest absolute Gasteiger partial charge is 0.249 e. The average molecular weight is 313 g/mol. The van der Waals surface area contributed by atoms with Gasteiger partial charge in [0.15, 0.2) is 0 Å². The minimum Gasteiger partial charge on any atom is -0.321 e. The monoisotopic (exact) mass is 313 g/mol. The number of aryl methyl sites for hydroxylation is 1. The molecule has 1 saturated heterocycles. The van der Waals surface area contributed by atoms with Gasteiger partial charge >= 0.3 is 0 Å². The fourth-order valence-corrected chi connectivity index (χ4v) is 3.34. The van der Waals surface area contributed by atoms with E-state index in [1.54, 1.807) is 18.3 Å². The molecule has 1 aromatic rings. The maximum absolute atomic E-state index is 12.1. The highest BCUT2D eigenvalue weighted by molar-refractivity contribution is 7.99. The lowest BCUT2D eigenvalue weighted by molar-refractivity contribution is -0.148. The molecule has 2 rings (SSSR count). The molecule has 3 amide bonds. The molecule has 8 heteroatoms. The van der Waals surface area contributed by atoms with Gasteiger partial charge in [0.1, 0.15) is 12.6 Å². The molecular weight excluding hydrogens is 298 g/mol. The van der Waals surface area contributed by atoms with E-state index in [-0.39, 0.29) is 18.2 Å². The summed E-state index contributed by atoms with van der Waals surface area (Å²) >= 11 is 3.01. The molecule has 1 aliphatic heterocycles. The number of carbonyl (C=O) groups excluding carboxylic acids is 3. The van der Waals surface area contributed by atoms with Crippen molar-refractivity contribution in [2.24, 2.45) is 0 Å². The normalized spacial score (nSPS) is 19.1. The Bertz CT molecular complexity index is 544. The molecule has 0 saturated carbocycles. The van der Waals surface area contributed by atoms with Crippen LogP contribution in [0.4, 0.5) is 0 Å². The van der Waals surface area contributed by atoms with E-state index in [0.717, 1.165) is 10.7 Å². The average Bonchev–Trinajstić information content (AvgIpc) is 2.79. The second-order valence-electron chi connectivity index (χ2n) is 4.46. The van der Waals surface area contributed by atoms with Crippen LogP contribution in [0, 0.1) is 6.92 Å². The Morgan fingerprint density at radius 1 is 1.60 bits per heavy atom. The molecule has 108 valence electrons. The molecule has 1 aromatic heterocycles. The van der Waals surface area contributed by atoms with E-state index in [2.05, 4.69) is 10.3 Å². The van der Waals surface area contributed by atoms with Crippen LogP contribution >= 0.6 is 23.1 Å². The number of imide groups is 1. The van der Waals surface area contributed by atoms with Crippen molar-refractivity contribution in [1.82, 2.24) is 15.2 Å². The van der Waals surface area contributed by atoms with Crippen LogP contribution in [0.1, 0.15) is 17.6 Å². The molecule has 1 unspecified atom stereocenters. The van der Waals surface area contributed by atoms with Crippen LogP contribution in [-0.4, -0.2) is 45.9 Å². The topological polar surface area (TPSA) is 79.4 Å². The number of rotatable bonds is 4. The van der Waals surface area contributed by atoms with Crippen molar-refractivity contribution >= 4 is 40.8 Å². The molecule has 0 radical (unpaired) electrons. The summed E-state index contributed by atoms with van der Waals surface area (Å²) in [7, 11) is 0. The first-order chi connectivity index (χ1) is 9.47. The third-order valence-electron chi connectivity index (χ3n) is 2.89. The minimum absolute atomic E-state index is 0.0535. The Kier molecular flexibility index (Phi) is 4.77. The maximum Gasteiger partial charge on any atom is 0.249 e. The number of piperazine rings is 1. The first-order valence-electron chi connectivity index (χ1n) is 6.09. The summed E-state index contributed by atoms with van der Waals surface area (Å²) in [6.45, 7) is 3.50. The number of hydrogen-bond acceptors (Lipinski definition) is 6. The number of thiazole rings is 1. The van der Waals surface area contributed by atoms with Crippen molar-refractivity contribution in [3.05, 3.63) is 16.1 Å². The van der Waals surface area contributed by atoms with Gasteiger partial charge in [0, 0.05) is 11.1 Å².